The highest BCUT2D eigenvalue weighted by Crippen LogP contribution is 2.23. The van der Waals surface area contributed by atoms with Crippen LogP contribution in [0, 0.1) is 19.8 Å². The van der Waals surface area contributed by atoms with Gasteiger partial charge in [-0.25, -0.2) is 13.1 Å². The fourth-order valence-electron chi connectivity index (χ4n) is 5.87. The minimum Gasteiger partial charge on any atom is -0.390 e. The van der Waals surface area contributed by atoms with E-state index in [-0.39, 0.29) is 29.0 Å². The predicted molar refractivity (Wildman–Crippen MR) is 177 cm³/mol. The van der Waals surface area contributed by atoms with Gasteiger partial charge in [0.05, 0.1) is 22.4 Å². The summed E-state index contributed by atoms with van der Waals surface area (Å²) in [6, 6.07) is 5.92. The van der Waals surface area contributed by atoms with Gasteiger partial charge in [-0.3, -0.25) is 14.5 Å². The maximum absolute atomic E-state index is 13.6. The number of rotatable bonds is 12. The first-order valence-electron chi connectivity index (χ1n) is 16.5. The molecule has 2 heterocycles. The molecule has 45 heavy (non-hydrogen) atoms. The molecule has 1 saturated heterocycles. The van der Waals surface area contributed by atoms with Crippen LogP contribution in [0.1, 0.15) is 83.7 Å². The maximum atomic E-state index is 13.6. The van der Waals surface area contributed by atoms with E-state index in [9.17, 15) is 23.1 Å². The molecule has 1 fully saturated rings. The predicted octanol–water partition coefficient (Wildman–Crippen LogP) is 3.64. The van der Waals surface area contributed by atoms with Crippen molar-refractivity contribution in [1.82, 2.24) is 29.2 Å². The third-order valence-corrected chi connectivity index (χ3v) is 10.8. The summed E-state index contributed by atoms with van der Waals surface area (Å²) in [7, 11) is -3.55. The molecule has 11 nitrogen and oxygen atoms in total. The highest BCUT2D eigenvalue weighted by atomic mass is 32.2. The number of aromatic nitrogens is 2. The van der Waals surface area contributed by atoms with Gasteiger partial charge < -0.3 is 15.3 Å². The van der Waals surface area contributed by atoms with E-state index >= 15 is 0 Å². The van der Waals surface area contributed by atoms with Crippen LogP contribution in [0.4, 0.5) is 0 Å². The molecular weight excluding hydrogens is 592 g/mol. The number of amides is 2. The van der Waals surface area contributed by atoms with E-state index in [1.807, 2.05) is 46.2 Å². The molecule has 2 atom stereocenters. The van der Waals surface area contributed by atoms with Crippen molar-refractivity contribution in [2.75, 3.05) is 39.3 Å². The van der Waals surface area contributed by atoms with Gasteiger partial charge in [0.15, 0.2) is 0 Å². The van der Waals surface area contributed by atoms with Crippen LogP contribution < -0.4 is 5.32 Å². The minimum atomic E-state index is -3.55. The van der Waals surface area contributed by atoms with Crippen LogP contribution in [0.5, 0.6) is 0 Å². The summed E-state index contributed by atoms with van der Waals surface area (Å²) in [4.78, 5) is 30.9. The van der Waals surface area contributed by atoms with Gasteiger partial charge in [-0.05, 0) is 69.8 Å². The van der Waals surface area contributed by atoms with Crippen molar-refractivity contribution in [2.24, 2.45) is 5.92 Å². The van der Waals surface area contributed by atoms with Crippen LogP contribution in [0.25, 0.3) is 5.69 Å². The molecule has 3 rings (SSSR count). The third-order valence-electron chi connectivity index (χ3n) is 8.73. The minimum absolute atomic E-state index is 0.165. The first-order chi connectivity index (χ1) is 21.3. The first kappa shape index (κ1) is 36.7. The van der Waals surface area contributed by atoms with Crippen LogP contribution in [0.2, 0.25) is 0 Å². The molecule has 1 aliphatic rings. The molecule has 0 radical (unpaired) electrons. The summed E-state index contributed by atoms with van der Waals surface area (Å²) < 4.78 is 29.2. The summed E-state index contributed by atoms with van der Waals surface area (Å²) in [5.74, 6) is -0.605. The van der Waals surface area contributed by atoms with E-state index in [0.29, 0.717) is 45.7 Å². The summed E-state index contributed by atoms with van der Waals surface area (Å²) in [5.41, 5.74) is 3.74. The normalized spacial score (nSPS) is 18.6. The van der Waals surface area contributed by atoms with Gasteiger partial charge in [0, 0.05) is 56.9 Å². The number of benzene rings is 1. The lowest BCUT2D eigenvalue weighted by atomic mass is 9.97. The molecule has 0 saturated carbocycles. The van der Waals surface area contributed by atoms with Crippen molar-refractivity contribution in [3.05, 3.63) is 41.2 Å². The Hall–Kier alpha value is -2.80. The van der Waals surface area contributed by atoms with Crippen molar-refractivity contribution in [1.29, 1.82) is 0 Å². The van der Waals surface area contributed by atoms with Crippen LogP contribution in [0.3, 0.4) is 0 Å². The molecule has 1 aromatic carbocycles. The van der Waals surface area contributed by atoms with E-state index in [0.717, 1.165) is 48.4 Å². The standard InChI is InChI=1S/C33H54N6O5S/c1-8-11-21-37-22-13-20-36(19-12-14-30(40)34-31(33(37)42)32(41)24(4)5)23-29-25(6)35-39(26(29)7)27-15-17-28(18-16-27)45(43,44)38(9-2)10-3/h15-18,24,31-32,41H,8-14,19-23H2,1-7H3,(H,34,40)/t31-,32-/m1/s1. The molecule has 12 heteroatoms. The Morgan fingerprint density at radius 2 is 1.67 bits per heavy atom. The van der Waals surface area contributed by atoms with Gasteiger partial charge in [-0.15, -0.1) is 0 Å². The number of carbonyl (C=O) groups excluding carboxylic acids is 2. The fourth-order valence-corrected chi connectivity index (χ4v) is 7.33. The maximum Gasteiger partial charge on any atom is 0.247 e. The number of nitrogens with one attached hydrogen (secondary N) is 1. The van der Waals surface area contributed by atoms with Crippen LogP contribution >= 0.6 is 0 Å². The van der Waals surface area contributed by atoms with Gasteiger partial charge in [0.1, 0.15) is 6.04 Å². The lowest BCUT2D eigenvalue weighted by Crippen LogP contribution is -2.56. The summed E-state index contributed by atoms with van der Waals surface area (Å²) >= 11 is 0. The first-order valence-corrected chi connectivity index (χ1v) is 17.9. The highest BCUT2D eigenvalue weighted by molar-refractivity contribution is 7.89. The largest absolute Gasteiger partial charge is 0.390 e. The topological polar surface area (TPSA) is 128 Å². The molecule has 1 aromatic heterocycles. The lowest BCUT2D eigenvalue weighted by Gasteiger charge is -2.33. The average Bonchev–Trinajstić information content (AvgIpc) is 3.28. The number of aliphatic hydroxyl groups excluding tert-OH is 1. The molecule has 2 N–H and O–H groups in total. The van der Waals surface area contributed by atoms with Gasteiger partial charge in [-0.1, -0.05) is 41.0 Å². The van der Waals surface area contributed by atoms with Crippen molar-refractivity contribution >= 4 is 21.8 Å². The fraction of sp³-hybridized carbons (Fsp3) is 0.667. The summed E-state index contributed by atoms with van der Waals surface area (Å²) in [6.45, 7) is 17.5. The number of aryl methyl sites for hydroxylation is 1. The monoisotopic (exact) mass is 646 g/mol. The molecular formula is C33H54N6O5S. The number of aliphatic hydroxyl groups is 1. The van der Waals surface area contributed by atoms with E-state index < -0.39 is 22.2 Å². The Kier molecular flexibility index (Phi) is 13.6. The van der Waals surface area contributed by atoms with E-state index in [1.54, 1.807) is 29.2 Å². The molecule has 0 spiro atoms. The molecule has 1 aliphatic heterocycles. The Bertz CT molecular complexity index is 1370. The zero-order valence-electron chi connectivity index (χ0n) is 28.3. The van der Waals surface area contributed by atoms with Crippen LogP contribution in [-0.2, 0) is 26.2 Å². The van der Waals surface area contributed by atoms with Crippen molar-refractivity contribution in [3.8, 4) is 5.69 Å². The second kappa shape index (κ2) is 16.7. The molecule has 2 amide bonds. The van der Waals surface area contributed by atoms with E-state index in [1.165, 1.54) is 4.31 Å². The Morgan fingerprint density at radius 1 is 1.02 bits per heavy atom. The van der Waals surface area contributed by atoms with E-state index in [4.69, 9.17) is 5.10 Å². The SMILES string of the molecule is CCCCN1CCCN(Cc2c(C)nn(-c3ccc(S(=O)(=O)N(CC)CC)cc3)c2C)CCCC(=O)N[C@H]([C@H](O)C(C)C)C1=O. The number of hydrogen-bond donors (Lipinski definition) is 2. The lowest BCUT2D eigenvalue weighted by molar-refractivity contribution is -0.141. The van der Waals surface area contributed by atoms with Gasteiger partial charge in [0.25, 0.3) is 0 Å². The Balaban J connectivity index is 1.80. The third kappa shape index (κ3) is 9.15. The quantitative estimate of drug-likeness (QED) is 0.361. The number of nitrogens with zero attached hydrogens (tertiary/aromatic N) is 5. The number of hydrogen-bond acceptors (Lipinski definition) is 7. The molecule has 252 valence electrons. The van der Waals surface area contributed by atoms with Gasteiger partial charge in [0.2, 0.25) is 21.8 Å². The van der Waals surface area contributed by atoms with Crippen molar-refractivity contribution in [2.45, 2.75) is 104 Å². The van der Waals surface area contributed by atoms with E-state index in [2.05, 4.69) is 17.1 Å². The molecule has 2 aromatic rings. The second-order valence-electron chi connectivity index (χ2n) is 12.3. The van der Waals surface area contributed by atoms with Crippen molar-refractivity contribution < 1.29 is 23.1 Å². The second-order valence-corrected chi connectivity index (χ2v) is 14.3. The Morgan fingerprint density at radius 3 is 2.27 bits per heavy atom. The summed E-state index contributed by atoms with van der Waals surface area (Å²) in [6.07, 6.45) is 2.50. The van der Waals surface area contributed by atoms with Crippen LogP contribution in [-0.4, -0.2) is 101 Å². The Labute approximate surface area is 270 Å². The van der Waals surface area contributed by atoms with Crippen molar-refractivity contribution in [3.63, 3.8) is 0 Å². The zero-order valence-corrected chi connectivity index (χ0v) is 29.1. The van der Waals surface area contributed by atoms with Gasteiger partial charge in [-0.2, -0.15) is 9.40 Å². The average molecular weight is 647 g/mol. The summed E-state index contributed by atoms with van der Waals surface area (Å²) in [5, 5.41) is 18.5. The molecule has 0 unspecified atom stereocenters. The zero-order chi connectivity index (χ0) is 33.3. The smallest absolute Gasteiger partial charge is 0.247 e. The van der Waals surface area contributed by atoms with Crippen LogP contribution in [0.15, 0.2) is 29.2 Å². The van der Waals surface area contributed by atoms with Gasteiger partial charge >= 0.3 is 0 Å². The highest BCUT2D eigenvalue weighted by Gasteiger charge is 2.34. The molecule has 0 aliphatic carbocycles. The number of carbonyl (C=O) groups is 2. The number of sulfonamides is 1. The number of unbranched alkanes of at least 4 members (excludes halogenated alkanes) is 1. The molecule has 0 bridgehead atoms.